The van der Waals surface area contributed by atoms with Gasteiger partial charge in [-0.3, -0.25) is 14.2 Å². The third-order valence-electron chi connectivity index (χ3n) is 5.91. The Hall–Kier alpha value is -2.46. The normalized spacial score (nSPS) is 20.3. The van der Waals surface area contributed by atoms with Crippen LogP contribution in [0.25, 0.3) is 0 Å². The second-order valence-electron chi connectivity index (χ2n) is 7.98. The van der Waals surface area contributed by atoms with Gasteiger partial charge in [0.05, 0.1) is 17.9 Å². The van der Waals surface area contributed by atoms with Crippen LogP contribution in [0.15, 0.2) is 24.5 Å². The van der Waals surface area contributed by atoms with Gasteiger partial charge in [-0.1, -0.05) is 0 Å². The molecular formula is C19H26N6O3S. The number of piperidine rings is 1. The molecule has 2 aromatic rings. The number of aromatic amines is 1. The smallest absolute Gasteiger partial charge is 0.253 e. The molecule has 1 atom stereocenters. The van der Waals surface area contributed by atoms with E-state index in [9.17, 15) is 13.2 Å². The van der Waals surface area contributed by atoms with Crippen molar-refractivity contribution in [3.8, 4) is 0 Å². The van der Waals surface area contributed by atoms with Crippen molar-refractivity contribution >= 4 is 21.6 Å². The molecule has 10 heteroatoms. The minimum atomic E-state index is -3.44. The molecule has 9 nitrogen and oxygen atoms in total. The maximum absolute atomic E-state index is 13.1. The number of carbonyl (C=O) groups is 1. The van der Waals surface area contributed by atoms with E-state index in [1.165, 1.54) is 16.9 Å². The first kappa shape index (κ1) is 19.8. The molecule has 4 rings (SSSR count). The highest BCUT2D eigenvalue weighted by Crippen LogP contribution is 2.41. The van der Waals surface area contributed by atoms with E-state index in [1.54, 1.807) is 12.1 Å². The Morgan fingerprint density at radius 2 is 1.97 bits per heavy atom. The Morgan fingerprint density at radius 1 is 1.24 bits per heavy atom. The lowest BCUT2D eigenvalue weighted by atomic mass is 9.97. The summed E-state index contributed by atoms with van der Waals surface area (Å²) < 4.78 is 25.9. The molecule has 156 valence electrons. The van der Waals surface area contributed by atoms with Crippen LogP contribution in [0.1, 0.15) is 40.5 Å². The van der Waals surface area contributed by atoms with Crippen LogP contribution in [-0.2, 0) is 10.0 Å². The van der Waals surface area contributed by atoms with E-state index in [1.807, 2.05) is 11.0 Å². The van der Waals surface area contributed by atoms with Crippen molar-refractivity contribution in [1.82, 2.24) is 25.0 Å². The number of benzene rings is 1. The topological polar surface area (TPSA) is 102 Å². The molecular weight excluding hydrogens is 392 g/mol. The van der Waals surface area contributed by atoms with Gasteiger partial charge in [0.15, 0.2) is 0 Å². The van der Waals surface area contributed by atoms with Gasteiger partial charge in [-0.25, -0.2) is 13.4 Å². The number of carbonyl (C=O) groups excluding carboxylic acids is 1. The summed E-state index contributed by atoms with van der Waals surface area (Å²) in [5.74, 6) is 0.294. The number of sulfonamides is 1. The molecule has 1 aromatic heterocycles. The molecule has 0 aliphatic carbocycles. The molecule has 0 bridgehead atoms. The van der Waals surface area contributed by atoms with Crippen molar-refractivity contribution in [2.75, 3.05) is 44.3 Å². The molecule has 1 saturated heterocycles. The lowest BCUT2D eigenvalue weighted by molar-refractivity contribution is 0.0663. The number of hydrogen-bond donors (Lipinski definition) is 1. The lowest BCUT2D eigenvalue weighted by Crippen LogP contribution is -2.44. The zero-order chi connectivity index (χ0) is 20.8. The highest BCUT2D eigenvalue weighted by molar-refractivity contribution is 7.92. The van der Waals surface area contributed by atoms with Gasteiger partial charge >= 0.3 is 0 Å². The predicted octanol–water partition coefficient (Wildman–Crippen LogP) is 0.882. The average molecular weight is 419 g/mol. The number of anilines is 1. The van der Waals surface area contributed by atoms with Gasteiger partial charge in [0.2, 0.25) is 10.0 Å². The number of H-pyrrole nitrogens is 1. The molecule has 0 radical (unpaired) electrons. The average Bonchev–Trinajstić information content (AvgIpc) is 3.34. The minimum absolute atomic E-state index is 0.0147. The van der Waals surface area contributed by atoms with E-state index >= 15 is 0 Å². The number of rotatable bonds is 4. The Kier molecular flexibility index (Phi) is 5.07. The Labute approximate surface area is 170 Å². The fourth-order valence-electron chi connectivity index (χ4n) is 4.25. The van der Waals surface area contributed by atoms with Crippen molar-refractivity contribution < 1.29 is 13.2 Å². The highest BCUT2D eigenvalue weighted by atomic mass is 32.2. The van der Waals surface area contributed by atoms with Gasteiger partial charge in [0, 0.05) is 31.2 Å². The number of fused-ring (bicyclic) bond motifs is 1. The van der Waals surface area contributed by atoms with Crippen LogP contribution in [0.4, 0.5) is 5.69 Å². The summed E-state index contributed by atoms with van der Waals surface area (Å²) in [6.07, 6.45) is 4.49. The molecule has 0 saturated carbocycles. The van der Waals surface area contributed by atoms with Crippen LogP contribution in [0.3, 0.4) is 0 Å². The molecule has 2 aliphatic rings. The third-order valence-corrected chi connectivity index (χ3v) is 7.06. The molecule has 1 N–H and O–H groups in total. The predicted molar refractivity (Wildman–Crippen MR) is 109 cm³/mol. The number of nitrogens with zero attached hydrogens (tertiary/aromatic N) is 5. The van der Waals surface area contributed by atoms with Gasteiger partial charge in [-0.05, 0) is 50.7 Å². The van der Waals surface area contributed by atoms with E-state index in [2.05, 4.69) is 34.2 Å². The van der Waals surface area contributed by atoms with E-state index in [0.29, 0.717) is 23.1 Å². The minimum Gasteiger partial charge on any atom is -0.339 e. The number of hydrogen-bond acceptors (Lipinski definition) is 6. The number of amides is 1. The zero-order valence-electron chi connectivity index (χ0n) is 16.9. The Balaban J connectivity index is 1.63. The van der Waals surface area contributed by atoms with Crippen LogP contribution in [0.5, 0.6) is 0 Å². The van der Waals surface area contributed by atoms with E-state index in [4.69, 9.17) is 0 Å². The van der Waals surface area contributed by atoms with Crippen molar-refractivity contribution in [3.05, 3.63) is 41.5 Å². The largest absolute Gasteiger partial charge is 0.339 e. The van der Waals surface area contributed by atoms with Gasteiger partial charge < -0.3 is 9.80 Å². The van der Waals surface area contributed by atoms with Crippen molar-refractivity contribution in [3.63, 3.8) is 0 Å². The molecule has 1 fully saturated rings. The fourth-order valence-corrected chi connectivity index (χ4v) is 5.20. The standard InChI is InChI=1S/C19H26N6O3S/c1-23(2)14-6-8-24(9-7-14)19(26)13-4-5-17-15(10-13)16(18-20-12-21-22-18)11-25(17)29(3,27)28/h4-5,10,12,14,16H,6-9,11H2,1-3H3,(H,20,21,22). The summed E-state index contributed by atoms with van der Waals surface area (Å²) in [7, 11) is 0.702. The zero-order valence-corrected chi connectivity index (χ0v) is 17.7. The maximum Gasteiger partial charge on any atom is 0.253 e. The van der Waals surface area contributed by atoms with E-state index in [0.717, 1.165) is 31.5 Å². The molecule has 2 aliphatic heterocycles. The second-order valence-corrected chi connectivity index (χ2v) is 9.88. The third kappa shape index (κ3) is 3.74. The highest BCUT2D eigenvalue weighted by Gasteiger charge is 2.37. The van der Waals surface area contributed by atoms with Crippen LogP contribution in [-0.4, -0.2) is 85.3 Å². The number of likely N-dealkylation sites (tertiary alicyclic amines) is 1. The van der Waals surface area contributed by atoms with E-state index < -0.39 is 10.0 Å². The lowest BCUT2D eigenvalue weighted by Gasteiger charge is -2.35. The number of nitrogens with one attached hydrogen (secondary N) is 1. The number of aromatic nitrogens is 3. The van der Waals surface area contributed by atoms with Gasteiger partial charge in [-0.2, -0.15) is 5.10 Å². The molecule has 1 aromatic carbocycles. The van der Waals surface area contributed by atoms with Crippen LogP contribution < -0.4 is 4.31 Å². The fraction of sp³-hybridized carbons (Fsp3) is 0.526. The van der Waals surface area contributed by atoms with Crippen molar-refractivity contribution in [1.29, 1.82) is 0 Å². The second kappa shape index (κ2) is 7.42. The van der Waals surface area contributed by atoms with Gasteiger partial charge in [0.1, 0.15) is 12.2 Å². The molecule has 3 heterocycles. The SMILES string of the molecule is CN(C)C1CCN(C(=O)c2ccc3c(c2)C(c2ncn[nH]2)CN3S(C)(=O)=O)CC1. The van der Waals surface area contributed by atoms with Crippen molar-refractivity contribution in [2.24, 2.45) is 0 Å². The van der Waals surface area contributed by atoms with E-state index in [-0.39, 0.29) is 18.4 Å². The first-order valence-electron chi connectivity index (χ1n) is 9.68. The summed E-state index contributed by atoms with van der Waals surface area (Å²) in [6.45, 7) is 1.69. The molecule has 29 heavy (non-hydrogen) atoms. The summed E-state index contributed by atoms with van der Waals surface area (Å²) >= 11 is 0. The maximum atomic E-state index is 13.1. The monoisotopic (exact) mass is 418 g/mol. The quantitative estimate of drug-likeness (QED) is 0.791. The van der Waals surface area contributed by atoms with Crippen LogP contribution in [0.2, 0.25) is 0 Å². The summed E-state index contributed by atoms with van der Waals surface area (Å²) in [4.78, 5) is 21.4. The van der Waals surface area contributed by atoms with Crippen LogP contribution >= 0.6 is 0 Å². The molecule has 1 unspecified atom stereocenters. The first-order valence-corrected chi connectivity index (χ1v) is 11.5. The first-order chi connectivity index (χ1) is 13.8. The Morgan fingerprint density at radius 3 is 2.55 bits per heavy atom. The van der Waals surface area contributed by atoms with Crippen molar-refractivity contribution in [2.45, 2.75) is 24.8 Å². The van der Waals surface area contributed by atoms with Gasteiger partial charge in [0.25, 0.3) is 5.91 Å². The van der Waals surface area contributed by atoms with Crippen LogP contribution in [0, 0.1) is 0 Å². The molecule has 0 spiro atoms. The molecule has 1 amide bonds. The summed E-state index contributed by atoms with van der Waals surface area (Å²) in [5, 5.41) is 6.73. The summed E-state index contributed by atoms with van der Waals surface area (Å²) in [6, 6.07) is 5.76. The van der Waals surface area contributed by atoms with Gasteiger partial charge in [-0.15, -0.1) is 0 Å². The Bertz CT molecular complexity index is 997. The summed E-state index contributed by atoms with van der Waals surface area (Å²) in [5.41, 5.74) is 1.95.